The predicted octanol–water partition coefficient (Wildman–Crippen LogP) is 3.92. The summed E-state index contributed by atoms with van der Waals surface area (Å²) in [6.07, 6.45) is 1.40. The van der Waals surface area contributed by atoms with Crippen molar-refractivity contribution in [3.63, 3.8) is 0 Å². The Kier molecular flexibility index (Phi) is 4.49. The minimum Gasteiger partial charge on any atom is -0.382 e. The molecule has 0 spiro atoms. The Morgan fingerprint density at radius 2 is 1.96 bits per heavy atom. The summed E-state index contributed by atoms with van der Waals surface area (Å²) >= 11 is 0. The highest BCUT2D eigenvalue weighted by Crippen LogP contribution is 2.23. The molecule has 0 radical (unpaired) electrons. The monoisotopic (exact) mass is 378 g/mol. The van der Waals surface area contributed by atoms with Gasteiger partial charge in [-0.25, -0.2) is 15.0 Å². The number of nitrogen functional groups attached to an aromatic ring is 1. The molecule has 0 aliphatic carbocycles. The number of hydrogen-bond acceptors (Lipinski definition) is 5. The normalized spacial score (nSPS) is 10.9. The number of aromatic amines is 1. The maximum absolute atomic E-state index is 12.8. The number of carbonyl (C=O) groups excluding carboxylic acids is 1. The molecule has 0 aliphatic rings. The summed E-state index contributed by atoms with van der Waals surface area (Å²) in [4.78, 5) is 30.8. The molecule has 0 fully saturated rings. The van der Waals surface area contributed by atoms with E-state index in [4.69, 9.17) is 5.73 Å². The lowest BCUT2D eigenvalue weighted by Gasteiger charge is -2.17. The topological polar surface area (TPSA) is 101 Å². The molecular weight excluding hydrogens is 352 g/mol. The Hall–Kier alpha value is -3.74. The fourth-order valence-corrected chi connectivity index (χ4v) is 3.04. The maximum atomic E-state index is 12.8. The van der Waals surface area contributed by atoms with Crippen LogP contribution in [-0.4, -0.2) is 37.8 Å². The number of imidazole rings is 1. The van der Waals surface area contributed by atoms with Crippen LogP contribution >= 0.6 is 0 Å². The number of H-pyrrole nitrogens is 1. The first kappa shape index (κ1) is 17.7. The number of carbonyl (C=O) groups is 1. The van der Waals surface area contributed by atoms with Crippen LogP contribution in [0.2, 0.25) is 0 Å². The lowest BCUT2D eigenvalue weighted by atomic mass is 10.2. The molecule has 7 heteroatoms. The van der Waals surface area contributed by atoms with E-state index in [2.05, 4.69) is 19.9 Å². The van der Waals surface area contributed by atoms with E-state index in [1.54, 1.807) is 11.9 Å². The van der Waals surface area contributed by atoms with E-state index in [0.717, 1.165) is 22.2 Å². The summed E-state index contributed by atoms with van der Waals surface area (Å²) in [5, 5.41) is 0. The fourth-order valence-electron chi connectivity index (χ4n) is 3.04. The maximum Gasteiger partial charge on any atom is 0.274 e. The lowest BCUT2D eigenvalue weighted by molar-refractivity contribution is 0.0779. The average molecular weight is 378 g/mol. The van der Waals surface area contributed by atoms with Gasteiger partial charge in [-0.3, -0.25) is 4.79 Å². The van der Waals surface area contributed by atoms with Crippen molar-refractivity contribution in [2.24, 2.45) is 0 Å². The molecule has 0 aliphatic heterocycles. The van der Waals surface area contributed by atoms with Crippen LogP contribution < -0.4 is 5.73 Å². The van der Waals surface area contributed by atoms with Crippen LogP contribution in [-0.2, 0) is 6.54 Å². The van der Waals surface area contributed by atoms with Gasteiger partial charge in [0.15, 0.2) is 11.6 Å². The number of rotatable bonds is 4. The second kappa shape index (κ2) is 7.11. The smallest absolute Gasteiger partial charge is 0.274 e. The number of fused-ring (bicyclic) bond motifs is 1. The van der Waals surface area contributed by atoms with Crippen LogP contribution in [0.4, 0.5) is 5.82 Å². The van der Waals surface area contributed by atoms with Crippen LogP contribution in [0.5, 0.6) is 0 Å². The van der Waals surface area contributed by atoms with Gasteiger partial charge in [0.05, 0.1) is 17.2 Å². The molecule has 0 saturated heterocycles. The first-order valence-electron chi connectivity index (χ1n) is 8.90. The molecule has 0 bridgehead atoms. The Morgan fingerprint density at radius 1 is 1.18 bits per heavy atom. The molecule has 0 unspecified atom stereocenters. The highest BCUT2D eigenvalue weighted by molar-refractivity contribution is 5.93. The molecule has 2 heterocycles. The van der Waals surface area contributed by atoms with Crippen molar-refractivity contribution in [2.45, 2.75) is 13.5 Å². The number of aryl methyl sites for hydroxylation is 1. The van der Waals surface area contributed by atoms with Gasteiger partial charge in [-0.05, 0) is 30.2 Å². The minimum absolute atomic E-state index is 0. The van der Waals surface area contributed by atoms with E-state index in [-0.39, 0.29) is 21.7 Å². The molecule has 4 rings (SSSR count). The van der Waals surface area contributed by atoms with Gasteiger partial charge in [-0.1, -0.05) is 36.4 Å². The highest BCUT2D eigenvalue weighted by atomic mass is 16.2. The van der Waals surface area contributed by atoms with Gasteiger partial charge in [0.25, 0.3) is 5.91 Å². The first-order valence-corrected chi connectivity index (χ1v) is 8.90. The third kappa shape index (κ3) is 3.42. The number of amides is 1. The van der Waals surface area contributed by atoms with Crippen molar-refractivity contribution in [3.8, 4) is 11.5 Å². The zero-order valence-corrected chi connectivity index (χ0v) is 15.7. The summed E-state index contributed by atoms with van der Waals surface area (Å²) < 4.78 is 0. The standard InChI is InChI=1S/C21H20N6O.3H2/c1-13-8-9-15-16(10-13)26-20(25-15)18-19(22)23-11-17(24-18)21(28)27(2)12-14-6-4-3-5-7-14;;;/h3-11H,12H2,1-2H3,(H2,22,23)(H,25,26);3*1H. The lowest BCUT2D eigenvalue weighted by Crippen LogP contribution is -2.27. The van der Waals surface area contributed by atoms with Crippen molar-refractivity contribution < 1.29 is 9.07 Å². The van der Waals surface area contributed by atoms with E-state index < -0.39 is 0 Å². The van der Waals surface area contributed by atoms with E-state index in [1.807, 2.05) is 55.5 Å². The van der Waals surface area contributed by atoms with E-state index in [9.17, 15) is 4.79 Å². The van der Waals surface area contributed by atoms with Crippen LogP contribution in [0.1, 0.15) is 25.9 Å². The molecule has 0 atom stereocenters. The van der Waals surface area contributed by atoms with Gasteiger partial charge in [0, 0.05) is 17.9 Å². The van der Waals surface area contributed by atoms with Crippen molar-refractivity contribution >= 4 is 22.8 Å². The van der Waals surface area contributed by atoms with Crippen molar-refractivity contribution in [3.05, 3.63) is 71.5 Å². The summed E-state index contributed by atoms with van der Waals surface area (Å²) in [6.45, 7) is 2.49. The molecule has 2 aromatic carbocycles. The first-order chi connectivity index (χ1) is 13.5. The fraction of sp³-hybridized carbons (Fsp3) is 0.143. The number of anilines is 1. The molecule has 1 amide bonds. The van der Waals surface area contributed by atoms with Crippen LogP contribution in [0.25, 0.3) is 22.6 Å². The number of nitrogens with two attached hydrogens (primary N) is 1. The number of aromatic nitrogens is 4. The zero-order valence-electron chi connectivity index (χ0n) is 15.7. The second-order valence-electron chi connectivity index (χ2n) is 6.74. The second-order valence-corrected chi connectivity index (χ2v) is 6.74. The minimum atomic E-state index is -0.232. The quantitative estimate of drug-likeness (QED) is 0.560. The SMILES string of the molecule is Cc1ccc2nc(-c3nc(C(=O)N(C)Cc4ccccc4)cnc3N)[nH]c2c1.[HH].[HH].[HH]. The van der Waals surface area contributed by atoms with E-state index >= 15 is 0 Å². The summed E-state index contributed by atoms with van der Waals surface area (Å²) in [7, 11) is 1.73. The molecule has 0 saturated carbocycles. The van der Waals surface area contributed by atoms with Gasteiger partial charge in [0.2, 0.25) is 0 Å². The number of nitrogens with one attached hydrogen (secondary N) is 1. The van der Waals surface area contributed by atoms with E-state index in [0.29, 0.717) is 18.1 Å². The predicted molar refractivity (Wildman–Crippen MR) is 115 cm³/mol. The molecule has 28 heavy (non-hydrogen) atoms. The largest absolute Gasteiger partial charge is 0.382 e. The molecule has 7 nitrogen and oxygen atoms in total. The molecular formula is C21H26N6O. The van der Waals surface area contributed by atoms with Crippen LogP contribution in [0.3, 0.4) is 0 Å². The Bertz CT molecular complexity index is 1170. The van der Waals surface area contributed by atoms with Gasteiger partial charge < -0.3 is 15.6 Å². The zero-order chi connectivity index (χ0) is 19.7. The third-order valence-electron chi connectivity index (χ3n) is 4.49. The van der Waals surface area contributed by atoms with Gasteiger partial charge in [-0.15, -0.1) is 0 Å². The van der Waals surface area contributed by atoms with E-state index in [1.165, 1.54) is 6.20 Å². The molecule has 3 N–H and O–H groups in total. The van der Waals surface area contributed by atoms with Gasteiger partial charge in [-0.2, -0.15) is 0 Å². The van der Waals surface area contributed by atoms with Crippen molar-refractivity contribution in [1.82, 2.24) is 24.8 Å². The van der Waals surface area contributed by atoms with Gasteiger partial charge >= 0.3 is 0 Å². The van der Waals surface area contributed by atoms with Crippen molar-refractivity contribution in [2.75, 3.05) is 12.8 Å². The number of hydrogen-bond donors (Lipinski definition) is 2. The summed E-state index contributed by atoms with van der Waals surface area (Å²) in [6, 6.07) is 15.7. The third-order valence-corrected chi connectivity index (χ3v) is 4.49. The average Bonchev–Trinajstić information content (AvgIpc) is 3.11. The Morgan fingerprint density at radius 3 is 2.75 bits per heavy atom. The number of nitrogens with zero attached hydrogens (tertiary/aromatic N) is 4. The van der Waals surface area contributed by atoms with Gasteiger partial charge in [0.1, 0.15) is 11.4 Å². The highest BCUT2D eigenvalue weighted by Gasteiger charge is 2.18. The van der Waals surface area contributed by atoms with Crippen molar-refractivity contribution in [1.29, 1.82) is 0 Å². The van der Waals surface area contributed by atoms with Crippen LogP contribution in [0.15, 0.2) is 54.7 Å². The molecule has 146 valence electrons. The summed E-state index contributed by atoms with van der Waals surface area (Å²) in [5.74, 6) is 0.480. The molecule has 2 aromatic heterocycles. The Balaban J connectivity index is 0.00000160. The Labute approximate surface area is 166 Å². The molecule has 4 aromatic rings. The van der Waals surface area contributed by atoms with Crippen LogP contribution in [0, 0.1) is 6.92 Å². The number of benzene rings is 2. The summed E-state index contributed by atoms with van der Waals surface area (Å²) in [5.41, 5.74) is 10.4.